The summed E-state index contributed by atoms with van der Waals surface area (Å²) in [5.41, 5.74) is 2.60. The molecule has 2 atom stereocenters. The largest absolute Gasteiger partial charge is 0.370 e. The van der Waals surface area contributed by atoms with Gasteiger partial charge in [-0.3, -0.25) is 0 Å². The molecule has 2 fully saturated rings. The summed E-state index contributed by atoms with van der Waals surface area (Å²) in [6.45, 7) is 3.38. The lowest BCUT2D eigenvalue weighted by Gasteiger charge is -2.29. The molecule has 0 bridgehead atoms. The fourth-order valence-electron chi connectivity index (χ4n) is 3.61. The van der Waals surface area contributed by atoms with Gasteiger partial charge in [-0.2, -0.15) is 5.26 Å². The Bertz CT molecular complexity index is 974. The van der Waals surface area contributed by atoms with Gasteiger partial charge >= 0.3 is 0 Å². The number of nitriles is 1. The van der Waals surface area contributed by atoms with Gasteiger partial charge in [-0.1, -0.05) is 0 Å². The van der Waals surface area contributed by atoms with Gasteiger partial charge < -0.3 is 20.1 Å². The molecule has 3 aromatic rings. The van der Waals surface area contributed by atoms with Crippen LogP contribution in [0.1, 0.15) is 5.69 Å². The molecule has 8 heteroatoms. The van der Waals surface area contributed by atoms with Crippen LogP contribution in [0.2, 0.25) is 0 Å². The van der Waals surface area contributed by atoms with Gasteiger partial charge in [-0.25, -0.2) is 15.0 Å². The van der Waals surface area contributed by atoms with E-state index in [2.05, 4.69) is 54.8 Å². The van der Waals surface area contributed by atoms with Gasteiger partial charge in [-0.15, -0.1) is 0 Å². The van der Waals surface area contributed by atoms with Crippen LogP contribution in [-0.4, -0.2) is 45.2 Å². The first-order valence-electron chi connectivity index (χ1n) is 8.90. The van der Waals surface area contributed by atoms with E-state index in [-0.39, 0.29) is 5.69 Å². The number of rotatable bonds is 4. The molecule has 134 valence electrons. The van der Waals surface area contributed by atoms with Gasteiger partial charge in [-0.05, 0) is 24.3 Å². The molecule has 2 aliphatic heterocycles. The van der Waals surface area contributed by atoms with Crippen LogP contribution in [0.5, 0.6) is 0 Å². The van der Waals surface area contributed by atoms with Crippen LogP contribution >= 0.6 is 0 Å². The molecule has 5 rings (SSSR count). The second kappa shape index (κ2) is 6.37. The summed E-state index contributed by atoms with van der Waals surface area (Å²) in [4.78, 5) is 14.9. The molecule has 27 heavy (non-hydrogen) atoms. The maximum absolute atomic E-state index is 8.77. The summed E-state index contributed by atoms with van der Waals surface area (Å²) < 4.78 is 1.96. The van der Waals surface area contributed by atoms with Crippen LogP contribution in [0, 0.1) is 17.2 Å². The number of fused-ring (bicyclic) bond motifs is 1. The van der Waals surface area contributed by atoms with E-state index in [0.29, 0.717) is 17.7 Å². The minimum Gasteiger partial charge on any atom is -0.370 e. The van der Waals surface area contributed by atoms with Gasteiger partial charge in [0.15, 0.2) is 5.69 Å². The van der Waals surface area contributed by atoms with E-state index in [1.165, 1.54) is 18.1 Å². The fourth-order valence-corrected chi connectivity index (χ4v) is 3.61. The molecule has 2 saturated heterocycles. The van der Waals surface area contributed by atoms with Gasteiger partial charge in [0.05, 0.1) is 18.6 Å². The number of anilines is 3. The summed E-state index contributed by atoms with van der Waals surface area (Å²) >= 11 is 0. The Hall–Kier alpha value is -3.44. The van der Waals surface area contributed by atoms with E-state index in [1.54, 1.807) is 6.33 Å². The summed E-state index contributed by atoms with van der Waals surface area (Å²) in [7, 11) is 0. The van der Waals surface area contributed by atoms with Crippen LogP contribution in [0.3, 0.4) is 0 Å². The molecular weight excluding hydrogens is 340 g/mol. The smallest absolute Gasteiger partial charge is 0.158 e. The van der Waals surface area contributed by atoms with E-state index in [9.17, 15) is 0 Å². The van der Waals surface area contributed by atoms with E-state index >= 15 is 0 Å². The van der Waals surface area contributed by atoms with Gasteiger partial charge in [0.25, 0.3) is 0 Å². The number of aromatic nitrogens is 4. The minimum absolute atomic E-state index is 0.285. The molecule has 0 radical (unpaired) electrons. The van der Waals surface area contributed by atoms with Crippen molar-refractivity contribution >= 4 is 17.3 Å². The normalized spacial score (nSPS) is 20.6. The Balaban J connectivity index is 1.28. The number of imidazole rings is 1. The quantitative estimate of drug-likeness (QED) is 0.733. The van der Waals surface area contributed by atoms with E-state index in [0.717, 1.165) is 31.2 Å². The first-order chi connectivity index (χ1) is 13.3. The molecule has 0 amide bonds. The van der Waals surface area contributed by atoms with Crippen molar-refractivity contribution in [1.82, 2.24) is 24.8 Å². The van der Waals surface area contributed by atoms with Crippen LogP contribution in [-0.2, 0) is 0 Å². The third-order valence-electron chi connectivity index (χ3n) is 5.20. The second-order valence-electron chi connectivity index (χ2n) is 6.89. The lowest BCUT2D eigenvalue weighted by Crippen LogP contribution is -2.51. The third kappa shape index (κ3) is 2.98. The topological polar surface area (TPSA) is 94.7 Å². The zero-order chi connectivity index (χ0) is 18.2. The highest BCUT2D eigenvalue weighted by molar-refractivity contribution is 5.54. The summed E-state index contributed by atoms with van der Waals surface area (Å²) in [5, 5.41) is 15.3. The maximum atomic E-state index is 8.77. The Morgan fingerprint density at radius 1 is 1.04 bits per heavy atom. The summed E-state index contributed by atoms with van der Waals surface area (Å²) in [6.07, 6.45) is 6.60. The van der Waals surface area contributed by atoms with Crippen molar-refractivity contribution in [3.63, 3.8) is 0 Å². The maximum Gasteiger partial charge on any atom is 0.158 e. The molecular formula is C19H18N8. The third-order valence-corrected chi connectivity index (χ3v) is 5.20. The van der Waals surface area contributed by atoms with Crippen LogP contribution in [0.25, 0.3) is 5.69 Å². The van der Waals surface area contributed by atoms with Gasteiger partial charge in [0.2, 0.25) is 0 Å². The van der Waals surface area contributed by atoms with Crippen LogP contribution < -0.4 is 15.5 Å². The molecule has 0 aliphatic carbocycles. The molecule has 8 nitrogen and oxygen atoms in total. The van der Waals surface area contributed by atoms with E-state index < -0.39 is 0 Å². The summed E-state index contributed by atoms with van der Waals surface area (Å²) in [6, 6.07) is 11.2. The zero-order valence-corrected chi connectivity index (χ0v) is 14.6. The highest BCUT2D eigenvalue weighted by Crippen LogP contribution is 2.29. The second-order valence-corrected chi connectivity index (χ2v) is 6.89. The molecule has 1 aromatic carbocycles. The SMILES string of the molecule is N#Cc1cnc(Nc2cn(-c3ccc(N4CC5CNC5C4)cc3)cn2)cn1. The molecule has 2 N–H and O–H groups in total. The Labute approximate surface area is 156 Å². The van der Waals surface area contributed by atoms with Crippen LogP contribution in [0.4, 0.5) is 17.3 Å². The molecule has 2 unspecified atom stereocenters. The van der Waals surface area contributed by atoms with Gasteiger partial charge in [0.1, 0.15) is 24.0 Å². The van der Waals surface area contributed by atoms with Crippen molar-refractivity contribution in [2.75, 3.05) is 29.9 Å². The molecule has 0 saturated carbocycles. The van der Waals surface area contributed by atoms with Crippen molar-refractivity contribution in [2.24, 2.45) is 5.92 Å². The van der Waals surface area contributed by atoms with E-state index in [4.69, 9.17) is 5.26 Å². The standard InChI is InChI=1S/C19H18N8/c20-5-14-7-23-18(8-21-14)25-19-11-27(12-24-19)16-3-1-15(2-4-16)26-9-13-6-22-17(13)10-26/h1-4,7-8,11-13,17,22H,6,9-10H2,(H,23,25). The minimum atomic E-state index is 0.285. The van der Waals surface area contributed by atoms with Crippen molar-refractivity contribution < 1.29 is 0 Å². The predicted octanol–water partition coefficient (Wildman–Crippen LogP) is 1.69. The number of nitrogens with zero attached hydrogens (tertiary/aromatic N) is 6. The molecule has 2 aromatic heterocycles. The predicted molar refractivity (Wildman–Crippen MR) is 101 cm³/mol. The Kier molecular flexibility index (Phi) is 3.73. The van der Waals surface area contributed by atoms with E-state index in [1.807, 2.05) is 16.8 Å². The summed E-state index contributed by atoms with van der Waals surface area (Å²) in [5.74, 6) is 2.02. The molecule has 0 spiro atoms. The number of hydrogen-bond donors (Lipinski definition) is 2. The Morgan fingerprint density at radius 2 is 1.89 bits per heavy atom. The number of benzene rings is 1. The lowest BCUT2D eigenvalue weighted by atomic mass is 9.96. The van der Waals surface area contributed by atoms with Crippen molar-refractivity contribution in [2.45, 2.75) is 6.04 Å². The Morgan fingerprint density at radius 3 is 2.52 bits per heavy atom. The lowest BCUT2D eigenvalue weighted by molar-refractivity contribution is 0.297. The van der Waals surface area contributed by atoms with Crippen molar-refractivity contribution in [1.29, 1.82) is 5.26 Å². The average Bonchev–Trinajstić information content (AvgIpc) is 3.27. The van der Waals surface area contributed by atoms with Crippen molar-refractivity contribution in [3.8, 4) is 11.8 Å². The van der Waals surface area contributed by atoms with Gasteiger partial charge in [0, 0.05) is 43.0 Å². The monoisotopic (exact) mass is 358 g/mol. The van der Waals surface area contributed by atoms with Crippen LogP contribution in [0.15, 0.2) is 49.2 Å². The molecule has 2 aliphatic rings. The first kappa shape index (κ1) is 15.8. The number of hydrogen-bond acceptors (Lipinski definition) is 7. The molecule has 4 heterocycles. The number of nitrogens with one attached hydrogen (secondary N) is 2. The highest BCUT2D eigenvalue weighted by Gasteiger charge is 2.38. The fraction of sp³-hybridized carbons (Fsp3) is 0.263. The average molecular weight is 358 g/mol. The van der Waals surface area contributed by atoms with Crippen molar-refractivity contribution in [3.05, 3.63) is 54.9 Å². The zero-order valence-electron chi connectivity index (χ0n) is 14.6. The first-order valence-corrected chi connectivity index (χ1v) is 8.90. The highest BCUT2D eigenvalue weighted by atomic mass is 15.2.